The van der Waals surface area contributed by atoms with Crippen molar-refractivity contribution in [1.82, 2.24) is 14.6 Å². The molecular weight excluding hydrogens is 327 g/mol. The third-order valence-electron chi connectivity index (χ3n) is 4.94. The van der Waals surface area contributed by atoms with Gasteiger partial charge in [0.05, 0.1) is 5.69 Å². The van der Waals surface area contributed by atoms with E-state index in [9.17, 15) is 4.39 Å². The Morgan fingerprint density at radius 3 is 2.62 bits per heavy atom. The molecule has 4 aromatic rings. The fourth-order valence-corrected chi connectivity index (χ4v) is 3.59. The molecule has 2 aromatic heterocycles. The summed E-state index contributed by atoms with van der Waals surface area (Å²) < 4.78 is 15.0. The smallest absolute Gasteiger partial charge is 0.155 e. The van der Waals surface area contributed by atoms with Gasteiger partial charge in [-0.15, -0.1) is 0 Å². The maximum atomic E-state index is 13.2. The molecule has 0 unspecified atom stereocenters. The number of fused-ring (bicyclic) bond motifs is 2. The summed E-state index contributed by atoms with van der Waals surface area (Å²) in [5.41, 5.74) is 5.44. The van der Waals surface area contributed by atoms with E-state index in [4.69, 9.17) is 0 Å². The minimum atomic E-state index is -0.244. The lowest BCUT2D eigenvalue weighted by Crippen LogP contribution is -2.31. The van der Waals surface area contributed by atoms with Crippen molar-refractivity contribution in [3.05, 3.63) is 83.9 Å². The summed E-state index contributed by atoms with van der Waals surface area (Å²) in [6.07, 6.45) is 4.64. The van der Waals surface area contributed by atoms with Gasteiger partial charge in [0.25, 0.3) is 0 Å². The molecule has 5 rings (SSSR count). The van der Waals surface area contributed by atoms with Crippen molar-refractivity contribution in [2.24, 2.45) is 0 Å². The van der Waals surface area contributed by atoms with Gasteiger partial charge >= 0.3 is 0 Å². The maximum Gasteiger partial charge on any atom is 0.155 e. The average molecular weight is 344 g/mol. The standard InChI is InChI=1S/C21H17FN4/c22-18-7-5-16(6-8-18)19-13-20-21(23-10-12-26(20)24-19)25-11-9-15-3-1-2-4-17(15)14-25/h1-8,10,12-13H,9,11,14H2. The summed E-state index contributed by atoms with van der Waals surface area (Å²) in [4.78, 5) is 6.93. The Bertz CT molecular complexity index is 1080. The van der Waals surface area contributed by atoms with E-state index in [-0.39, 0.29) is 5.82 Å². The Hall–Kier alpha value is -3.21. The number of rotatable bonds is 2. The minimum Gasteiger partial charge on any atom is -0.350 e. The number of hydrogen-bond acceptors (Lipinski definition) is 3. The molecule has 0 saturated heterocycles. The van der Waals surface area contributed by atoms with Crippen LogP contribution in [0, 0.1) is 5.82 Å². The molecule has 4 nitrogen and oxygen atoms in total. The normalized spacial score (nSPS) is 13.8. The number of hydrogen-bond donors (Lipinski definition) is 0. The second-order valence-corrected chi connectivity index (χ2v) is 6.56. The van der Waals surface area contributed by atoms with Crippen LogP contribution in [0.25, 0.3) is 16.8 Å². The molecule has 1 aliphatic heterocycles. The highest BCUT2D eigenvalue weighted by molar-refractivity contribution is 5.75. The molecule has 0 amide bonds. The highest BCUT2D eigenvalue weighted by atomic mass is 19.1. The van der Waals surface area contributed by atoms with Gasteiger partial charge in [-0.3, -0.25) is 0 Å². The van der Waals surface area contributed by atoms with Crippen LogP contribution in [0.5, 0.6) is 0 Å². The molecule has 0 radical (unpaired) electrons. The van der Waals surface area contributed by atoms with Crippen LogP contribution in [0.2, 0.25) is 0 Å². The summed E-state index contributed by atoms with van der Waals surface area (Å²) in [5.74, 6) is 0.690. The largest absolute Gasteiger partial charge is 0.350 e. The molecule has 2 aromatic carbocycles. The van der Waals surface area contributed by atoms with Crippen molar-refractivity contribution in [2.45, 2.75) is 13.0 Å². The van der Waals surface area contributed by atoms with Gasteiger partial charge in [0, 0.05) is 31.0 Å². The minimum absolute atomic E-state index is 0.244. The van der Waals surface area contributed by atoms with Crippen molar-refractivity contribution < 1.29 is 4.39 Å². The van der Waals surface area contributed by atoms with Crippen LogP contribution in [0.3, 0.4) is 0 Å². The summed E-state index contributed by atoms with van der Waals surface area (Å²) in [6, 6.07) is 17.0. The van der Waals surface area contributed by atoms with E-state index < -0.39 is 0 Å². The lowest BCUT2D eigenvalue weighted by Gasteiger charge is -2.30. The molecule has 0 atom stereocenters. The van der Waals surface area contributed by atoms with Crippen LogP contribution in [-0.4, -0.2) is 21.1 Å². The highest BCUT2D eigenvalue weighted by Gasteiger charge is 2.20. The van der Waals surface area contributed by atoms with E-state index in [1.165, 1.54) is 23.3 Å². The van der Waals surface area contributed by atoms with E-state index >= 15 is 0 Å². The first kappa shape index (κ1) is 15.1. The van der Waals surface area contributed by atoms with Gasteiger partial charge in [0.15, 0.2) is 5.82 Å². The van der Waals surface area contributed by atoms with Gasteiger partial charge in [-0.2, -0.15) is 5.10 Å². The first-order valence-corrected chi connectivity index (χ1v) is 8.70. The number of benzene rings is 2. The quantitative estimate of drug-likeness (QED) is 0.549. The Morgan fingerprint density at radius 2 is 1.77 bits per heavy atom. The second-order valence-electron chi connectivity index (χ2n) is 6.56. The van der Waals surface area contributed by atoms with Crippen molar-refractivity contribution >= 4 is 11.3 Å². The number of anilines is 1. The van der Waals surface area contributed by atoms with Crippen molar-refractivity contribution in [1.29, 1.82) is 0 Å². The summed E-state index contributed by atoms with van der Waals surface area (Å²) in [6.45, 7) is 1.78. The first-order valence-electron chi connectivity index (χ1n) is 8.70. The molecule has 128 valence electrons. The number of aromatic nitrogens is 3. The Balaban J connectivity index is 1.56. The second kappa shape index (κ2) is 5.95. The summed E-state index contributed by atoms with van der Waals surface area (Å²) >= 11 is 0. The van der Waals surface area contributed by atoms with E-state index in [1.807, 2.05) is 16.8 Å². The zero-order valence-corrected chi connectivity index (χ0v) is 14.1. The predicted molar refractivity (Wildman–Crippen MR) is 99.6 cm³/mol. The molecule has 1 aliphatic rings. The van der Waals surface area contributed by atoms with Crippen molar-refractivity contribution in [3.8, 4) is 11.3 Å². The Morgan fingerprint density at radius 1 is 0.962 bits per heavy atom. The van der Waals surface area contributed by atoms with Crippen LogP contribution in [0.15, 0.2) is 67.0 Å². The third-order valence-corrected chi connectivity index (χ3v) is 4.94. The van der Waals surface area contributed by atoms with E-state index in [1.54, 1.807) is 18.3 Å². The molecule has 0 fully saturated rings. The first-order chi connectivity index (χ1) is 12.8. The number of halogens is 1. The van der Waals surface area contributed by atoms with E-state index in [0.29, 0.717) is 0 Å². The Kier molecular flexibility index (Phi) is 3.45. The van der Waals surface area contributed by atoms with Gasteiger partial charge in [-0.25, -0.2) is 13.9 Å². The molecule has 0 bridgehead atoms. The van der Waals surface area contributed by atoms with Gasteiger partial charge in [-0.1, -0.05) is 24.3 Å². The molecule has 0 saturated carbocycles. The Labute approximate surface area is 150 Å². The fraction of sp³-hybridized carbons (Fsp3) is 0.143. The van der Waals surface area contributed by atoms with Crippen LogP contribution in [0.4, 0.5) is 10.2 Å². The van der Waals surface area contributed by atoms with Gasteiger partial charge < -0.3 is 4.90 Å². The van der Waals surface area contributed by atoms with Crippen LogP contribution < -0.4 is 4.90 Å². The predicted octanol–water partition coefficient (Wildman–Crippen LogP) is 4.10. The number of nitrogens with zero attached hydrogens (tertiary/aromatic N) is 4. The highest BCUT2D eigenvalue weighted by Crippen LogP contribution is 2.28. The topological polar surface area (TPSA) is 33.4 Å². The molecule has 3 heterocycles. The van der Waals surface area contributed by atoms with E-state index in [2.05, 4.69) is 39.2 Å². The zero-order chi connectivity index (χ0) is 17.5. The molecule has 5 heteroatoms. The fourth-order valence-electron chi connectivity index (χ4n) is 3.59. The van der Waals surface area contributed by atoms with E-state index in [0.717, 1.165) is 42.1 Å². The van der Waals surface area contributed by atoms with Crippen LogP contribution in [-0.2, 0) is 13.0 Å². The average Bonchev–Trinajstić information content (AvgIpc) is 3.12. The summed E-state index contributed by atoms with van der Waals surface area (Å²) in [7, 11) is 0. The van der Waals surface area contributed by atoms with Crippen molar-refractivity contribution in [2.75, 3.05) is 11.4 Å². The zero-order valence-electron chi connectivity index (χ0n) is 14.1. The van der Waals surface area contributed by atoms with Gasteiger partial charge in [0.1, 0.15) is 11.3 Å². The SMILES string of the molecule is Fc1ccc(-c2cc3c(N4CCc5ccccc5C4)nccn3n2)cc1. The molecule has 26 heavy (non-hydrogen) atoms. The van der Waals surface area contributed by atoms with Gasteiger partial charge in [-0.05, 0) is 47.9 Å². The lowest BCUT2D eigenvalue weighted by atomic mass is 10.00. The molecule has 0 spiro atoms. The van der Waals surface area contributed by atoms with Gasteiger partial charge in [0.2, 0.25) is 0 Å². The summed E-state index contributed by atoms with van der Waals surface area (Å²) in [5, 5.41) is 4.64. The lowest BCUT2D eigenvalue weighted by molar-refractivity contribution is 0.628. The van der Waals surface area contributed by atoms with Crippen LogP contribution >= 0.6 is 0 Å². The molecule has 0 aliphatic carbocycles. The monoisotopic (exact) mass is 344 g/mol. The molecular formula is C21H17FN4. The van der Waals surface area contributed by atoms with Crippen LogP contribution in [0.1, 0.15) is 11.1 Å². The molecule has 0 N–H and O–H groups in total. The third kappa shape index (κ3) is 2.52. The maximum absolute atomic E-state index is 13.2. The van der Waals surface area contributed by atoms with Crippen molar-refractivity contribution in [3.63, 3.8) is 0 Å².